The zero-order chi connectivity index (χ0) is 17.7. The number of nitrogens with two attached hydrogens (primary N) is 1. The topological polar surface area (TPSA) is 84.2 Å². The molecule has 0 fully saturated rings. The number of urea groups is 1. The number of hydrogen-bond acceptors (Lipinski definition) is 2. The van der Waals surface area contributed by atoms with Crippen LogP contribution in [-0.2, 0) is 4.79 Å². The van der Waals surface area contributed by atoms with Crippen molar-refractivity contribution in [3.63, 3.8) is 0 Å². The van der Waals surface area contributed by atoms with Crippen molar-refractivity contribution in [1.29, 1.82) is 0 Å². The minimum absolute atomic E-state index is 0.112. The lowest BCUT2D eigenvalue weighted by molar-refractivity contribution is -0.116. The molecular formula is C19H23N3O2. The summed E-state index contributed by atoms with van der Waals surface area (Å²) < 4.78 is 0. The Kier molecular flexibility index (Phi) is 5.58. The standard InChI is InChI=1S/C19H23N3O2/c1-12-8-13(2)10-15(9-12)21-18(23)11-17(22-19(20)24)16-7-5-4-6-14(16)3/h4-10,17H,11H2,1-3H3,(H,21,23)(H3,20,22,24). The van der Waals surface area contributed by atoms with Gasteiger partial charge in [0.1, 0.15) is 0 Å². The smallest absolute Gasteiger partial charge is 0.312 e. The van der Waals surface area contributed by atoms with Gasteiger partial charge < -0.3 is 16.4 Å². The van der Waals surface area contributed by atoms with Gasteiger partial charge in [0.15, 0.2) is 0 Å². The minimum atomic E-state index is -0.651. The molecule has 1 atom stereocenters. The number of benzene rings is 2. The molecule has 0 saturated carbocycles. The van der Waals surface area contributed by atoms with Crippen LogP contribution in [0.25, 0.3) is 0 Å². The Hall–Kier alpha value is -2.82. The molecular weight excluding hydrogens is 302 g/mol. The molecule has 2 aromatic rings. The Bertz CT molecular complexity index is 736. The lowest BCUT2D eigenvalue weighted by Gasteiger charge is -2.20. The van der Waals surface area contributed by atoms with E-state index in [-0.39, 0.29) is 12.3 Å². The van der Waals surface area contributed by atoms with Gasteiger partial charge in [-0.2, -0.15) is 0 Å². The number of hydrogen-bond donors (Lipinski definition) is 3. The molecule has 0 aliphatic heterocycles. The summed E-state index contributed by atoms with van der Waals surface area (Å²) in [6, 6.07) is 12.4. The Balaban J connectivity index is 2.15. The van der Waals surface area contributed by atoms with Gasteiger partial charge in [0, 0.05) is 5.69 Å². The van der Waals surface area contributed by atoms with Crippen molar-refractivity contribution in [3.05, 3.63) is 64.7 Å². The van der Waals surface area contributed by atoms with Crippen molar-refractivity contribution in [2.75, 3.05) is 5.32 Å². The van der Waals surface area contributed by atoms with Crippen LogP contribution < -0.4 is 16.4 Å². The van der Waals surface area contributed by atoms with Crippen molar-refractivity contribution < 1.29 is 9.59 Å². The number of anilines is 1. The molecule has 1 unspecified atom stereocenters. The van der Waals surface area contributed by atoms with Crippen LogP contribution in [-0.4, -0.2) is 11.9 Å². The molecule has 0 aliphatic rings. The summed E-state index contributed by atoms with van der Waals surface area (Å²) >= 11 is 0. The first kappa shape index (κ1) is 17.5. The largest absolute Gasteiger partial charge is 0.352 e. The first-order valence-electron chi connectivity index (χ1n) is 7.85. The molecule has 0 bridgehead atoms. The van der Waals surface area contributed by atoms with E-state index in [1.807, 2.05) is 63.2 Å². The number of carbonyl (C=O) groups excluding carboxylic acids is 2. The molecule has 5 heteroatoms. The molecule has 3 amide bonds. The van der Waals surface area contributed by atoms with E-state index in [2.05, 4.69) is 10.6 Å². The molecule has 24 heavy (non-hydrogen) atoms. The highest BCUT2D eigenvalue weighted by atomic mass is 16.2. The third kappa shape index (κ3) is 4.84. The van der Waals surface area contributed by atoms with Crippen LogP contribution in [0.15, 0.2) is 42.5 Å². The molecule has 4 N–H and O–H groups in total. The van der Waals surface area contributed by atoms with Gasteiger partial charge in [-0.3, -0.25) is 4.79 Å². The Morgan fingerprint density at radius 3 is 2.25 bits per heavy atom. The van der Waals surface area contributed by atoms with E-state index in [0.717, 1.165) is 27.9 Å². The molecule has 2 aromatic carbocycles. The molecule has 0 radical (unpaired) electrons. The van der Waals surface area contributed by atoms with Crippen molar-refractivity contribution in [1.82, 2.24) is 5.32 Å². The van der Waals surface area contributed by atoms with Crippen LogP contribution in [0.5, 0.6) is 0 Å². The molecule has 0 spiro atoms. The quantitative estimate of drug-likeness (QED) is 0.787. The maximum absolute atomic E-state index is 12.4. The Morgan fingerprint density at radius 2 is 1.67 bits per heavy atom. The van der Waals surface area contributed by atoms with E-state index in [4.69, 9.17) is 5.73 Å². The van der Waals surface area contributed by atoms with Gasteiger partial charge in [-0.15, -0.1) is 0 Å². The highest BCUT2D eigenvalue weighted by Gasteiger charge is 2.19. The third-order valence-corrected chi connectivity index (χ3v) is 3.78. The second-order valence-corrected chi connectivity index (χ2v) is 6.05. The fourth-order valence-electron chi connectivity index (χ4n) is 2.83. The molecule has 0 saturated heterocycles. The minimum Gasteiger partial charge on any atom is -0.352 e. The van der Waals surface area contributed by atoms with E-state index in [9.17, 15) is 9.59 Å². The summed E-state index contributed by atoms with van der Waals surface area (Å²) in [5.74, 6) is -0.179. The number of carbonyl (C=O) groups is 2. The Labute approximate surface area is 142 Å². The van der Waals surface area contributed by atoms with E-state index < -0.39 is 12.1 Å². The summed E-state index contributed by atoms with van der Waals surface area (Å²) in [5, 5.41) is 5.54. The van der Waals surface area contributed by atoms with Crippen molar-refractivity contribution in [2.24, 2.45) is 5.73 Å². The SMILES string of the molecule is Cc1cc(C)cc(NC(=O)CC(NC(N)=O)c2ccccc2C)c1. The lowest BCUT2D eigenvalue weighted by Crippen LogP contribution is -2.35. The van der Waals surface area contributed by atoms with Gasteiger partial charge >= 0.3 is 6.03 Å². The van der Waals surface area contributed by atoms with E-state index in [1.54, 1.807) is 0 Å². The number of nitrogens with one attached hydrogen (secondary N) is 2. The lowest BCUT2D eigenvalue weighted by atomic mass is 9.98. The van der Waals surface area contributed by atoms with Gasteiger partial charge in [0.2, 0.25) is 5.91 Å². The molecule has 0 heterocycles. The summed E-state index contributed by atoms with van der Waals surface area (Å²) in [7, 11) is 0. The summed E-state index contributed by atoms with van der Waals surface area (Å²) in [6.45, 7) is 5.90. The second kappa shape index (κ2) is 7.64. The number of amides is 3. The van der Waals surface area contributed by atoms with E-state index >= 15 is 0 Å². The van der Waals surface area contributed by atoms with Gasteiger partial charge in [-0.25, -0.2) is 4.79 Å². The average molecular weight is 325 g/mol. The summed E-state index contributed by atoms with van der Waals surface area (Å²) in [5.41, 5.74) is 10.1. The van der Waals surface area contributed by atoms with Crippen molar-refractivity contribution >= 4 is 17.6 Å². The van der Waals surface area contributed by atoms with E-state index in [0.29, 0.717) is 0 Å². The molecule has 0 aliphatic carbocycles. The maximum Gasteiger partial charge on any atom is 0.312 e. The molecule has 5 nitrogen and oxygen atoms in total. The molecule has 0 aromatic heterocycles. The van der Waals surface area contributed by atoms with Crippen LogP contribution in [0.1, 0.15) is 34.7 Å². The summed E-state index contributed by atoms with van der Waals surface area (Å²) in [4.78, 5) is 23.7. The fourth-order valence-corrected chi connectivity index (χ4v) is 2.83. The maximum atomic E-state index is 12.4. The van der Waals surface area contributed by atoms with Crippen LogP contribution in [0.2, 0.25) is 0 Å². The molecule has 2 rings (SSSR count). The number of primary amides is 1. The predicted molar refractivity (Wildman–Crippen MR) is 95.8 cm³/mol. The first-order chi connectivity index (χ1) is 11.3. The van der Waals surface area contributed by atoms with Gasteiger partial charge in [0.25, 0.3) is 0 Å². The van der Waals surface area contributed by atoms with Gasteiger partial charge in [0.05, 0.1) is 12.5 Å². The third-order valence-electron chi connectivity index (χ3n) is 3.78. The first-order valence-corrected chi connectivity index (χ1v) is 7.85. The Morgan fingerprint density at radius 1 is 1.04 bits per heavy atom. The van der Waals surface area contributed by atoms with Crippen molar-refractivity contribution in [2.45, 2.75) is 33.2 Å². The second-order valence-electron chi connectivity index (χ2n) is 6.05. The normalized spacial score (nSPS) is 11.6. The van der Waals surface area contributed by atoms with E-state index in [1.165, 1.54) is 0 Å². The van der Waals surface area contributed by atoms with Crippen LogP contribution in [0.4, 0.5) is 10.5 Å². The average Bonchev–Trinajstić information content (AvgIpc) is 2.45. The monoisotopic (exact) mass is 325 g/mol. The zero-order valence-electron chi connectivity index (χ0n) is 14.2. The summed E-state index contributed by atoms with van der Waals surface area (Å²) in [6.07, 6.45) is 0.112. The predicted octanol–water partition coefficient (Wildman–Crippen LogP) is 3.35. The fraction of sp³-hybridized carbons (Fsp3) is 0.263. The highest BCUT2D eigenvalue weighted by molar-refractivity contribution is 5.91. The van der Waals surface area contributed by atoms with Crippen LogP contribution in [0.3, 0.4) is 0 Å². The van der Waals surface area contributed by atoms with Crippen LogP contribution >= 0.6 is 0 Å². The number of rotatable bonds is 5. The highest BCUT2D eigenvalue weighted by Crippen LogP contribution is 2.22. The number of aryl methyl sites for hydroxylation is 3. The van der Waals surface area contributed by atoms with Crippen LogP contribution in [0, 0.1) is 20.8 Å². The molecule has 126 valence electrons. The van der Waals surface area contributed by atoms with Gasteiger partial charge in [-0.05, 0) is 55.2 Å². The zero-order valence-corrected chi connectivity index (χ0v) is 14.2. The van der Waals surface area contributed by atoms with Gasteiger partial charge in [-0.1, -0.05) is 30.3 Å². The van der Waals surface area contributed by atoms with Crippen molar-refractivity contribution in [3.8, 4) is 0 Å².